The van der Waals surface area contributed by atoms with Crippen molar-refractivity contribution >= 4 is 33.9 Å². The van der Waals surface area contributed by atoms with Gasteiger partial charge in [-0.25, -0.2) is 9.37 Å². The summed E-state index contributed by atoms with van der Waals surface area (Å²) in [6.07, 6.45) is 0. The minimum Gasteiger partial charge on any atom is -0.507 e. The summed E-state index contributed by atoms with van der Waals surface area (Å²) in [6, 6.07) is 11.6. The fraction of sp³-hybridized carbons (Fsp3) is 0.174. The quantitative estimate of drug-likeness (QED) is 0.373. The zero-order chi connectivity index (χ0) is 21.6. The number of hydrogen-bond donors (Lipinski definition) is 1. The molecule has 152 valence electrons. The molecule has 1 aliphatic rings. The van der Waals surface area contributed by atoms with Gasteiger partial charge in [-0.3, -0.25) is 14.5 Å². The van der Waals surface area contributed by atoms with Gasteiger partial charge >= 0.3 is 5.91 Å². The summed E-state index contributed by atoms with van der Waals surface area (Å²) in [5, 5.41) is 11.4. The van der Waals surface area contributed by atoms with Crippen molar-refractivity contribution in [3.63, 3.8) is 0 Å². The number of rotatable bonds is 3. The van der Waals surface area contributed by atoms with E-state index in [1.165, 1.54) is 40.5 Å². The van der Waals surface area contributed by atoms with Crippen LogP contribution in [0, 0.1) is 26.6 Å². The van der Waals surface area contributed by atoms with Crippen LogP contribution < -0.4 is 4.90 Å². The molecule has 3 aromatic rings. The molecule has 4 rings (SSSR count). The van der Waals surface area contributed by atoms with Crippen molar-refractivity contribution in [2.75, 3.05) is 4.90 Å². The van der Waals surface area contributed by atoms with Crippen LogP contribution in [-0.2, 0) is 9.59 Å². The first-order valence-corrected chi connectivity index (χ1v) is 10.2. The van der Waals surface area contributed by atoms with Gasteiger partial charge in [-0.05, 0) is 38.5 Å². The number of halogens is 1. The maximum absolute atomic E-state index is 13.5. The first-order valence-electron chi connectivity index (χ1n) is 9.35. The lowest BCUT2D eigenvalue weighted by molar-refractivity contribution is -0.132. The number of Topliss-reactive ketones (excluding diaryl/α,β-unsaturated/α-hetero) is 1. The number of ketones is 1. The van der Waals surface area contributed by atoms with E-state index in [2.05, 4.69) is 4.98 Å². The Morgan fingerprint density at radius 1 is 1.03 bits per heavy atom. The van der Waals surface area contributed by atoms with Crippen LogP contribution >= 0.6 is 11.3 Å². The number of carbonyl (C=O) groups is 2. The molecule has 1 aromatic heterocycles. The molecule has 5 nitrogen and oxygen atoms in total. The summed E-state index contributed by atoms with van der Waals surface area (Å²) in [6.45, 7) is 5.62. The zero-order valence-electron chi connectivity index (χ0n) is 16.6. The van der Waals surface area contributed by atoms with Gasteiger partial charge in [0.05, 0.1) is 17.3 Å². The summed E-state index contributed by atoms with van der Waals surface area (Å²) in [5.74, 6) is -2.27. The average molecular weight is 422 g/mol. The molecule has 2 aromatic carbocycles. The number of hydrogen-bond acceptors (Lipinski definition) is 5. The van der Waals surface area contributed by atoms with Gasteiger partial charge in [0.1, 0.15) is 11.6 Å². The first kappa shape index (κ1) is 20.0. The van der Waals surface area contributed by atoms with Crippen molar-refractivity contribution in [2.24, 2.45) is 0 Å². The monoisotopic (exact) mass is 422 g/mol. The number of benzene rings is 2. The topological polar surface area (TPSA) is 70.5 Å². The molecular formula is C23H19FN2O3S. The molecule has 1 saturated heterocycles. The van der Waals surface area contributed by atoms with E-state index in [0.29, 0.717) is 16.3 Å². The normalized spacial score (nSPS) is 18.3. The largest absolute Gasteiger partial charge is 0.507 e. The maximum Gasteiger partial charge on any atom is 0.301 e. The SMILES string of the molecule is Cc1ccc(/C(O)=C2\C(=O)C(=O)N(c3nc(C)c(C)s3)C2c2ccc(F)cc2)cc1. The molecule has 0 radical (unpaired) electrons. The first-order chi connectivity index (χ1) is 14.3. The van der Waals surface area contributed by atoms with Crippen molar-refractivity contribution in [2.45, 2.75) is 26.8 Å². The number of aromatic nitrogens is 1. The van der Waals surface area contributed by atoms with Gasteiger partial charge in [-0.15, -0.1) is 11.3 Å². The molecule has 1 fully saturated rings. The summed E-state index contributed by atoms with van der Waals surface area (Å²) < 4.78 is 13.5. The van der Waals surface area contributed by atoms with Gasteiger partial charge in [-0.2, -0.15) is 0 Å². The Morgan fingerprint density at radius 2 is 1.67 bits per heavy atom. The molecule has 1 unspecified atom stereocenters. The lowest BCUT2D eigenvalue weighted by Gasteiger charge is -2.23. The van der Waals surface area contributed by atoms with Gasteiger partial charge in [0, 0.05) is 10.4 Å². The van der Waals surface area contributed by atoms with Gasteiger partial charge in [0.2, 0.25) is 0 Å². The number of thiazole rings is 1. The fourth-order valence-electron chi connectivity index (χ4n) is 3.42. The predicted molar refractivity (Wildman–Crippen MR) is 114 cm³/mol. The molecule has 1 N–H and O–H groups in total. The van der Waals surface area contributed by atoms with E-state index in [4.69, 9.17) is 0 Å². The van der Waals surface area contributed by atoms with Crippen LogP contribution in [0.4, 0.5) is 9.52 Å². The molecule has 0 aliphatic carbocycles. The Morgan fingerprint density at radius 3 is 2.23 bits per heavy atom. The molecule has 1 amide bonds. The Labute approximate surface area is 177 Å². The fourth-order valence-corrected chi connectivity index (χ4v) is 4.35. The summed E-state index contributed by atoms with van der Waals surface area (Å²) in [5.41, 5.74) is 2.65. The summed E-state index contributed by atoms with van der Waals surface area (Å²) >= 11 is 1.29. The highest BCUT2D eigenvalue weighted by Gasteiger charge is 2.48. The van der Waals surface area contributed by atoms with Gasteiger partial charge in [-0.1, -0.05) is 42.0 Å². The third-order valence-electron chi connectivity index (χ3n) is 5.18. The van der Waals surface area contributed by atoms with Crippen LogP contribution in [0.1, 0.15) is 33.3 Å². The standard InChI is InChI=1S/C23H19FN2O3S/c1-12-4-6-16(7-5-12)20(27)18-19(15-8-10-17(24)11-9-15)26(22(29)21(18)28)23-25-13(2)14(3)30-23/h4-11,19,27H,1-3H3/b20-18+. The van der Waals surface area contributed by atoms with E-state index in [1.54, 1.807) is 12.1 Å². The number of aliphatic hydroxyl groups is 1. The third-order valence-corrected chi connectivity index (χ3v) is 6.25. The van der Waals surface area contributed by atoms with Crippen molar-refractivity contribution in [1.29, 1.82) is 0 Å². The lowest BCUT2D eigenvalue weighted by Crippen LogP contribution is -2.29. The van der Waals surface area contributed by atoms with Crippen molar-refractivity contribution in [1.82, 2.24) is 4.98 Å². The number of aryl methyl sites for hydroxylation is 3. The smallest absolute Gasteiger partial charge is 0.301 e. The van der Waals surface area contributed by atoms with Crippen molar-refractivity contribution in [3.8, 4) is 0 Å². The number of carbonyl (C=O) groups excluding carboxylic acids is 2. The molecule has 0 bridgehead atoms. The van der Waals surface area contributed by atoms with Crippen LogP contribution in [0.3, 0.4) is 0 Å². The highest BCUT2D eigenvalue weighted by Crippen LogP contribution is 2.43. The second-order valence-corrected chi connectivity index (χ2v) is 8.41. The Bertz CT molecular complexity index is 1160. The van der Waals surface area contributed by atoms with E-state index >= 15 is 0 Å². The molecule has 0 spiro atoms. The molecular weight excluding hydrogens is 403 g/mol. The Kier molecular flexibility index (Phi) is 4.99. The van der Waals surface area contributed by atoms with Crippen molar-refractivity contribution in [3.05, 3.63) is 87.2 Å². The van der Waals surface area contributed by atoms with Crippen LogP contribution in [-0.4, -0.2) is 21.8 Å². The molecule has 30 heavy (non-hydrogen) atoms. The minimum atomic E-state index is -0.906. The predicted octanol–water partition coefficient (Wildman–Crippen LogP) is 4.83. The van der Waals surface area contributed by atoms with Crippen LogP contribution in [0.15, 0.2) is 54.1 Å². The zero-order valence-corrected chi connectivity index (χ0v) is 17.5. The minimum absolute atomic E-state index is 0.0408. The number of anilines is 1. The van der Waals surface area contributed by atoms with Crippen LogP contribution in [0.2, 0.25) is 0 Å². The molecule has 2 heterocycles. The lowest BCUT2D eigenvalue weighted by atomic mass is 9.95. The van der Waals surface area contributed by atoms with E-state index in [-0.39, 0.29) is 11.3 Å². The van der Waals surface area contributed by atoms with Crippen LogP contribution in [0.25, 0.3) is 5.76 Å². The van der Waals surface area contributed by atoms with E-state index < -0.39 is 23.5 Å². The van der Waals surface area contributed by atoms with E-state index in [1.807, 2.05) is 32.9 Å². The maximum atomic E-state index is 13.5. The molecule has 1 aliphatic heterocycles. The second kappa shape index (κ2) is 7.50. The highest BCUT2D eigenvalue weighted by atomic mass is 32.1. The van der Waals surface area contributed by atoms with Gasteiger partial charge in [0.25, 0.3) is 5.78 Å². The molecule has 7 heteroatoms. The number of nitrogens with zero attached hydrogens (tertiary/aromatic N) is 2. The second-order valence-electron chi connectivity index (χ2n) is 7.22. The van der Waals surface area contributed by atoms with Gasteiger partial charge in [0.15, 0.2) is 5.13 Å². The Hall–Kier alpha value is -3.32. The highest BCUT2D eigenvalue weighted by molar-refractivity contribution is 7.16. The Balaban J connectivity index is 1.94. The molecule has 0 saturated carbocycles. The third kappa shape index (κ3) is 3.31. The number of amides is 1. The molecule has 1 atom stereocenters. The summed E-state index contributed by atoms with van der Waals surface area (Å²) in [4.78, 5) is 32.7. The van der Waals surface area contributed by atoms with E-state index in [9.17, 15) is 19.1 Å². The summed E-state index contributed by atoms with van der Waals surface area (Å²) in [7, 11) is 0. The van der Waals surface area contributed by atoms with Crippen molar-refractivity contribution < 1.29 is 19.1 Å². The van der Waals surface area contributed by atoms with E-state index in [0.717, 1.165) is 16.1 Å². The van der Waals surface area contributed by atoms with Crippen LogP contribution in [0.5, 0.6) is 0 Å². The van der Waals surface area contributed by atoms with Gasteiger partial charge < -0.3 is 5.11 Å². The number of aliphatic hydroxyl groups excluding tert-OH is 1. The average Bonchev–Trinajstić information content (AvgIpc) is 3.18.